The summed E-state index contributed by atoms with van der Waals surface area (Å²) in [5.41, 5.74) is 0. The number of carbonyl (C=O) groups is 1. The maximum atomic E-state index is 12.3. The van der Waals surface area contributed by atoms with Gasteiger partial charge in [-0.1, -0.05) is 0 Å². The topological polar surface area (TPSA) is 78.5 Å². The van der Waals surface area contributed by atoms with Crippen LogP contribution in [0.5, 0.6) is 0 Å². The molecule has 2 N–H and O–H groups in total. The van der Waals surface area contributed by atoms with Gasteiger partial charge in [0.15, 0.2) is 0 Å². The predicted octanol–water partition coefficient (Wildman–Crippen LogP) is -0.474. The monoisotopic (exact) mass is 289 g/mol. The molecule has 2 heterocycles. The normalized spacial score (nSPS) is 28.6. The van der Waals surface area contributed by atoms with Gasteiger partial charge in [0.25, 0.3) is 0 Å². The second kappa shape index (κ2) is 6.19. The maximum Gasteiger partial charge on any atom is 0.239 e. The summed E-state index contributed by atoms with van der Waals surface area (Å²) in [6, 6.07) is -0.0263. The molecule has 6 nitrogen and oxygen atoms in total. The second-order valence-electron chi connectivity index (χ2n) is 5.56. The van der Waals surface area contributed by atoms with Gasteiger partial charge in [-0.05, 0) is 38.1 Å². The summed E-state index contributed by atoms with van der Waals surface area (Å²) in [4.78, 5) is 14.2. The third kappa shape index (κ3) is 4.43. The number of nitrogens with one attached hydrogen (secondary N) is 2. The van der Waals surface area contributed by atoms with Gasteiger partial charge in [-0.2, -0.15) is 0 Å². The van der Waals surface area contributed by atoms with E-state index in [9.17, 15) is 13.2 Å². The standard InChI is InChI=1S/C12H23N3O3S/c1-19(17,18)14-8-10-4-3-7-15(9-10)12(16)11-5-2-6-13-11/h10-11,13-14H,2-9H2,1H3/t10?,11-/m0/s1. The first-order valence-corrected chi connectivity index (χ1v) is 8.81. The summed E-state index contributed by atoms with van der Waals surface area (Å²) in [6.45, 7) is 2.82. The lowest BCUT2D eigenvalue weighted by Gasteiger charge is -2.34. The fourth-order valence-corrected chi connectivity index (χ4v) is 3.36. The molecule has 2 fully saturated rings. The summed E-state index contributed by atoms with van der Waals surface area (Å²) >= 11 is 0. The zero-order valence-corrected chi connectivity index (χ0v) is 12.2. The molecule has 0 radical (unpaired) electrons. The molecule has 1 unspecified atom stereocenters. The number of carbonyl (C=O) groups excluding carboxylic acids is 1. The Morgan fingerprint density at radius 3 is 2.79 bits per heavy atom. The number of piperidine rings is 1. The SMILES string of the molecule is CS(=O)(=O)NCC1CCCN(C(=O)[C@@H]2CCCN2)C1. The van der Waals surface area contributed by atoms with Crippen molar-refractivity contribution in [1.29, 1.82) is 0 Å². The van der Waals surface area contributed by atoms with Gasteiger partial charge in [0.05, 0.1) is 12.3 Å². The number of rotatable bonds is 4. The molecule has 0 aliphatic carbocycles. The molecule has 1 amide bonds. The molecule has 2 saturated heterocycles. The molecule has 0 bridgehead atoms. The molecular weight excluding hydrogens is 266 g/mol. The minimum Gasteiger partial charge on any atom is -0.341 e. The van der Waals surface area contributed by atoms with Crippen LogP contribution < -0.4 is 10.0 Å². The lowest BCUT2D eigenvalue weighted by molar-refractivity contribution is -0.134. The largest absolute Gasteiger partial charge is 0.341 e. The number of hydrogen-bond donors (Lipinski definition) is 2. The molecule has 2 aliphatic rings. The smallest absolute Gasteiger partial charge is 0.239 e. The van der Waals surface area contributed by atoms with E-state index in [0.29, 0.717) is 13.1 Å². The highest BCUT2D eigenvalue weighted by Crippen LogP contribution is 2.18. The summed E-state index contributed by atoms with van der Waals surface area (Å²) in [6.07, 6.45) is 5.07. The van der Waals surface area contributed by atoms with Gasteiger partial charge in [0.2, 0.25) is 15.9 Å². The van der Waals surface area contributed by atoms with Crippen molar-refractivity contribution >= 4 is 15.9 Å². The van der Waals surface area contributed by atoms with E-state index < -0.39 is 10.0 Å². The number of nitrogens with zero attached hydrogens (tertiary/aromatic N) is 1. The van der Waals surface area contributed by atoms with Crippen LogP contribution in [0, 0.1) is 5.92 Å². The van der Waals surface area contributed by atoms with Crippen molar-refractivity contribution in [2.24, 2.45) is 5.92 Å². The van der Waals surface area contributed by atoms with Gasteiger partial charge in [0, 0.05) is 19.6 Å². The Bertz CT molecular complexity index is 418. The minimum atomic E-state index is -3.14. The molecule has 0 saturated carbocycles. The fourth-order valence-electron chi connectivity index (χ4n) is 2.82. The number of amides is 1. The summed E-state index contributed by atoms with van der Waals surface area (Å²) in [7, 11) is -3.14. The molecule has 7 heteroatoms. The minimum absolute atomic E-state index is 0.0263. The summed E-state index contributed by atoms with van der Waals surface area (Å²) < 4.78 is 24.7. The second-order valence-corrected chi connectivity index (χ2v) is 7.40. The van der Waals surface area contributed by atoms with Gasteiger partial charge in [-0.3, -0.25) is 4.79 Å². The van der Waals surface area contributed by atoms with Crippen molar-refractivity contribution in [1.82, 2.24) is 14.9 Å². The van der Waals surface area contributed by atoms with Crippen LogP contribution in [0.25, 0.3) is 0 Å². The third-order valence-electron chi connectivity index (χ3n) is 3.82. The Kier molecular flexibility index (Phi) is 4.81. The van der Waals surface area contributed by atoms with Gasteiger partial charge in [0.1, 0.15) is 0 Å². The van der Waals surface area contributed by atoms with Crippen LogP contribution in [0.1, 0.15) is 25.7 Å². The van der Waals surface area contributed by atoms with Gasteiger partial charge in [-0.15, -0.1) is 0 Å². The first kappa shape index (κ1) is 14.7. The Balaban J connectivity index is 1.84. The number of sulfonamides is 1. The maximum absolute atomic E-state index is 12.3. The fraction of sp³-hybridized carbons (Fsp3) is 0.917. The Morgan fingerprint density at radius 2 is 2.16 bits per heavy atom. The van der Waals surface area contributed by atoms with E-state index in [1.54, 1.807) is 0 Å². The van der Waals surface area contributed by atoms with E-state index in [4.69, 9.17) is 0 Å². The Hall–Kier alpha value is -0.660. The highest BCUT2D eigenvalue weighted by Gasteiger charge is 2.30. The van der Waals surface area contributed by atoms with Crippen LogP contribution in [-0.4, -0.2) is 57.7 Å². The van der Waals surface area contributed by atoms with Crippen LogP contribution >= 0.6 is 0 Å². The Morgan fingerprint density at radius 1 is 1.37 bits per heavy atom. The van der Waals surface area contributed by atoms with Crippen LogP contribution in [-0.2, 0) is 14.8 Å². The predicted molar refractivity (Wildman–Crippen MR) is 73.2 cm³/mol. The molecule has 0 spiro atoms. The number of hydrogen-bond acceptors (Lipinski definition) is 4. The van der Waals surface area contributed by atoms with Crippen LogP contribution in [0.4, 0.5) is 0 Å². The molecule has 2 rings (SSSR count). The lowest BCUT2D eigenvalue weighted by Crippen LogP contribution is -2.49. The third-order valence-corrected chi connectivity index (χ3v) is 4.51. The van der Waals surface area contributed by atoms with E-state index >= 15 is 0 Å². The van der Waals surface area contributed by atoms with E-state index in [1.807, 2.05) is 4.90 Å². The quantitative estimate of drug-likeness (QED) is 0.733. The summed E-state index contributed by atoms with van der Waals surface area (Å²) in [5, 5.41) is 3.22. The zero-order valence-electron chi connectivity index (χ0n) is 11.4. The highest BCUT2D eigenvalue weighted by molar-refractivity contribution is 7.88. The van der Waals surface area contributed by atoms with E-state index in [2.05, 4.69) is 10.0 Å². The van der Waals surface area contributed by atoms with E-state index in [-0.39, 0.29) is 17.9 Å². The molecule has 0 aromatic heterocycles. The van der Waals surface area contributed by atoms with Crippen molar-refractivity contribution in [2.75, 3.05) is 32.4 Å². The van der Waals surface area contributed by atoms with Gasteiger partial charge >= 0.3 is 0 Å². The van der Waals surface area contributed by atoms with Crippen molar-refractivity contribution < 1.29 is 13.2 Å². The molecule has 0 aromatic rings. The molecule has 2 atom stereocenters. The zero-order chi connectivity index (χ0) is 13.9. The van der Waals surface area contributed by atoms with Gasteiger partial charge in [-0.25, -0.2) is 13.1 Å². The average Bonchev–Trinajstić information content (AvgIpc) is 2.89. The van der Waals surface area contributed by atoms with Crippen molar-refractivity contribution in [3.8, 4) is 0 Å². The highest BCUT2D eigenvalue weighted by atomic mass is 32.2. The van der Waals surface area contributed by atoms with Crippen molar-refractivity contribution in [2.45, 2.75) is 31.7 Å². The van der Waals surface area contributed by atoms with Crippen LogP contribution in [0.15, 0.2) is 0 Å². The average molecular weight is 289 g/mol. The van der Waals surface area contributed by atoms with E-state index in [1.165, 1.54) is 6.26 Å². The van der Waals surface area contributed by atoms with Crippen LogP contribution in [0.3, 0.4) is 0 Å². The van der Waals surface area contributed by atoms with Crippen LogP contribution in [0.2, 0.25) is 0 Å². The molecule has 110 valence electrons. The first-order chi connectivity index (χ1) is 8.96. The first-order valence-electron chi connectivity index (χ1n) is 6.92. The number of likely N-dealkylation sites (tertiary alicyclic amines) is 1. The van der Waals surface area contributed by atoms with Crippen molar-refractivity contribution in [3.05, 3.63) is 0 Å². The Labute approximate surface area is 115 Å². The molecule has 19 heavy (non-hydrogen) atoms. The van der Waals surface area contributed by atoms with Gasteiger partial charge < -0.3 is 10.2 Å². The summed E-state index contributed by atoms with van der Waals surface area (Å²) in [5.74, 6) is 0.412. The molecule has 0 aromatic carbocycles. The molecular formula is C12H23N3O3S. The lowest BCUT2D eigenvalue weighted by atomic mass is 9.97. The van der Waals surface area contributed by atoms with E-state index in [0.717, 1.165) is 38.8 Å². The van der Waals surface area contributed by atoms with Crippen molar-refractivity contribution in [3.63, 3.8) is 0 Å². The molecule has 2 aliphatic heterocycles.